The Morgan fingerprint density at radius 2 is 1.90 bits per heavy atom. The third-order valence-corrected chi connectivity index (χ3v) is 6.82. The molecule has 0 saturated carbocycles. The fourth-order valence-electron chi connectivity index (χ4n) is 4.44. The number of nitrogens with one attached hydrogen (secondary N) is 1. The number of anilines is 1. The summed E-state index contributed by atoms with van der Waals surface area (Å²) in [5.74, 6) is -0.301. The molecule has 0 aromatic heterocycles. The van der Waals surface area contributed by atoms with Gasteiger partial charge in [0.15, 0.2) is 0 Å². The normalized spacial score (nSPS) is 20.5. The van der Waals surface area contributed by atoms with Crippen LogP contribution in [0.2, 0.25) is 0 Å². The zero-order chi connectivity index (χ0) is 20.9. The summed E-state index contributed by atoms with van der Waals surface area (Å²) in [7, 11) is 0. The van der Waals surface area contributed by atoms with Gasteiger partial charge < -0.3 is 10.2 Å². The van der Waals surface area contributed by atoms with E-state index < -0.39 is 0 Å². The highest BCUT2D eigenvalue weighted by atomic mass is 32.2. The van der Waals surface area contributed by atoms with Crippen molar-refractivity contribution in [2.75, 3.05) is 37.3 Å². The van der Waals surface area contributed by atoms with Gasteiger partial charge in [-0.25, -0.2) is 0 Å². The number of thioether (sulfide) groups is 1. The Morgan fingerprint density at radius 1 is 1.13 bits per heavy atom. The number of hydrogen-bond donors (Lipinski definition) is 1. The van der Waals surface area contributed by atoms with E-state index in [9.17, 15) is 9.59 Å². The van der Waals surface area contributed by atoms with Crippen LogP contribution >= 0.6 is 11.8 Å². The van der Waals surface area contributed by atoms with Crippen molar-refractivity contribution in [3.8, 4) is 0 Å². The SMILES string of the molecule is CSc1cccc(N2CC(C(=O)NCC(c3ccccc3)N3CCCC3)CC2=O)c1. The molecule has 5 nitrogen and oxygen atoms in total. The predicted molar refractivity (Wildman–Crippen MR) is 122 cm³/mol. The number of rotatable bonds is 7. The first-order chi connectivity index (χ1) is 14.7. The van der Waals surface area contributed by atoms with Gasteiger partial charge in [0.05, 0.1) is 12.0 Å². The lowest BCUT2D eigenvalue weighted by Gasteiger charge is -2.28. The van der Waals surface area contributed by atoms with Crippen LogP contribution in [0.3, 0.4) is 0 Å². The highest BCUT2D eigenvalue weighted by molar-refractivity contribution is 7.98. The molecule has 2 amide bonds. The van der Waals surface area contributed by atoms with Crippen LogP contribution < -0.4 is 10.2 Å². The molecule has 30 heavy (non-hydrogen) atoms. The first-order valence-corrected chi connectivity index (χ1v) is 11.9. The van der Waals surface area contributed by atoms with Crippen LogP contribution in [0.5, 0.6) is 0 Å². The van der Waals surface area contributed by atoms with Crippen LogP contribution in [0.1, 0.15) is 30.9 Å². The Kier molecular flexibility index (Phi) is 6.75. The molecule has 0 radical (unpaired) electrons. The van der Waals surface area contributed by atoms with Crippen molar-refractivity contribution in [1.82, 2.24) is 10.2 Å². The van der Waals surface area contributed by atoms with Gasteiger partial charge in [-0.05, 0) is 55.9 Å². The summed E-state index contributed by atoms with van der Waals surface area (Å²) in [5, 5.41) is 3.15. The molecular weight excluding hydrogens is 394 g/mol. The van der Waals surface area contributed by atoms with Crippen molar-refractivity contribution in [2.24, 2.45) is 5.92 Å². The Labute approximate surface area is 182 Å². The first-order valence-electron chi connectivity index (χ1n) is 10.7. The van der Waals surface area contributed by atoms with Gasteiger partial charge in [0.2, 0.25) is 11.8 Å². The summed E-state index contributed by atoms with van der Waals surface area (Å²) < 4.78 is 0. The standard InChI is InChI=1S/C24H29N3O2S/c1-30-21-11-7-10-20(15-21)27-17-19(14-23(27)28)24(29)25-16-22(26-12-5-6-13-26)18-8-3-2-4-9-18/h2-4,7-11,15,19,22H,5-6,12-14,16-17H2,1H3,(H,25,29). The lowest BCUT2D eigenvalue weighted by Crippen LogP contribution is -2.40. The summed E-state index contributed by atoms with van der Waals surface area (Å²) in [5.41, 5.74) is 2.11. The highest BCUT2D eigenvalue weighted by Gasteiger charge is 2.35. The number of hydrogen-bond acceptors (Lipinski definition) is 4. The Hall–Kier alpha value is -2.31. The van der Waals surface area contributed by atoms with Gasteiger partial charge in [-0.15, -0.1) is 11.8 Å². The van der Waals surface area contributed by atoms with Gasteiger partial charge in [0, 0.05) is 30.1 Å². The van der Waals surface area contributed by atoms with Crippen LogP contribution in [0.15, 0.2) is 59.5 Å². The van der Waals surface area contributed by atoms with Crippen LogP contribution in [-0.2, 0) is 9.59 Å². The van der Waals surface area contributed by atoms with Crippen LogP contribution in [-0.4, -0.2) is 49.1 Å². The number of benzene rings is 2. The quantitative estimate of drug-likeness (QED) is 0.690. The van der Waals surface area contributed by atoms with Crippen LogP contribution in [0.4, 0.5) is 5.69 Å². The van der Waals surface area contributed by atoms with E-state index in [1.165, 1.54) is 18.4 Å². The third kappa shape index (κ3) is 4.71. The van der Waals surface area contributed by atoms with E-state index in [2.05, 4.69) is 34.5 Å². The van der Waals surface area contributed by atoms with E-state index in [4.69, 9.17) is 0 Å². The van der Waals surface area contributed by atoms with E-state index in [1.807, 2.05) is 36.6 Å². The zero-order valence-corrected chi connectivity index (χ0v) is 18.2. The topological polar surface area (TPSA) is 52.7 Å². The molecule has 0 spiro atoms. The third-order valence-electron chi connectivity index (χ3n) is 6.10. The number of amides is 2. The summed E-state index contributed by atoms with van der Waals surface area (Å²) in [4.78, 5) is 30.8. The van der Waals surface area contributed by atoms with Crippen LogP contribution in [0.25, 0.3) is 0 Å². The predicted octanol–water partition coefficient (Wildman–Crippen LogP) is 3.71. The van der Waals surface area contributed by atoms with Gasteiger partial charge in [-0.1, -0.05) is 36.4 Å². The zero-order valence-electron chi connectivity index (χ0n) is 17.4. The van der Waals surface area contributed by atoms with Gasteiger partial charge in [-0.3, -0.25) is 14.5 Å². The molecule has 2 aliphatic heterocycles. The van der Waals surface area contributed by atoms with E-state index in [-0.39, 0.29) is 30.2 Å². The highest BCUT2D eigenvalue weighted by Crippen LogP contribution is 2.29. The Bertz CT molecular complexity index is 883. The maximum Gasteiger partial charge on any atom is 0.227 e. The lowest BCUT2D eigenvalue weighted by molar-refractivity contribution is -0.126. The Morgan fingerprint density at radius 3 is 2.63 bits per heavy atom. The molecule has 2 aromatic carbocycles. The molecule has 4 rings (SSSR count). The lowest BCUT2D eigenvalue weighted by atomic mass is 10.0. The average molecular weight is 424 g/mol. The molecule has 1 N–H and O–H groups in total. The fraction of sp³-hybridized carbons (Fsp3) is 0.417. The van der Waals surface area contributed by atoms with Gasteiger partial charge in [0.1, 0.15) is 0 Å². The van der Waals surface area contributed by atoms with Crippen molar-refractivity contribution in [2.45, 2.75) is 30.2 Å². The molecule has 2 aliphatic rings. The van der Waals surface area contributed by atoms with Crippen molar-refractivity contribution in [1.29, 1.82) is 0 Å². The number of nitrogens with zero attached hydrogens (tertiary/aromatic N) is 2. The molecular formula is C24H29N3O2S. The van der Waals surface area contributed by atoms with Crippen molar-refractivity contribution in [3.63, 3.8) is 0 Å². The summed E-state index contributed by atoms with van der Waals surface area (Å²) in [6.07, 6.45) is 4.71. The number of likely N-dealkylation sites (tertiary alicyclic amines) is 1. The maximum absolute atomic E-state index is 12.9. The van der Waals surface area contributed by atoms with Crippen molar-refractivity contribution in [3.05, 3.63) is 60.2 Å². The first kappa shape index (κ1) is 20.9. The molecule has 2 unspecified atom stereocenters. The van der Waals surface area contributed by atoms with Gasteiger partial charge in [-0.2, -0.15) is 0 Å². The summed E-state index contributed by atoms with van der Waals surface area (Å²) in [6.45, 7) is 3.16. The average Bonchev–Trinajstić information content (AvgIpc) is 3.45. The van der Waals surface area contributed by atoms with E-state index in [0.29, 0.717) is 13.1 Å². The Balaban J connectivity index is 1.40. The molecule has 2 aromatic rings. The second kappa shape index (κ2) is 9.67. The molecule has 158 valence electrons. The minimum atomic E-state index is -0.301. The second-order valence-corrected chi connectivity index (χ2v) is 8.90. The second-order valence-electron chi connectivity index (χ2n) is 8.02. The van der Waals surface area contributed by atoms with E-state index in [1.54, 1.807) is 16.7 Å². The van der Waals surface area contributed by atoms with Gasteiger partial charge in [0.25, 0.3) is 0 Å². The molecule has 2 heterocycles. The van der Waals surface area contributed by atoms with Gasteiger partial charge >= 0.3 is 0 Å². The molecule has 0 bridgehead atoms. The summed E-state index contributed by atoms with van der Waals surface area (Å²) >= 11 is 1.65. The largest absolute Gasteiger partial charge is 0.354 e. The summed E-state index contributed by atoms with van der Waals surface area (Å²) in [6, 6.07) is 18.5. The fourth-order valence-corrected chi connectivity index (χ4v) is 4.89. The minimum absolute atomic E-state index is 0.0209. The molecule has 6 heteroatoms. The van der Waals surface area contributed by atoms with Crippen molar-refractivity contribution >= 4 is 29.3 Å². The van der Waals surface area contributed by atoms with Crippen LogP contribution in [0, 0.1) is 5.92 Å². The maximum atomic E-state index is 12.9. The molecule has 2 saturated heterocycles. The molecule has 0 aliphatic carbocycles. The van der Waals surface area contributed by atoms with Crippen molar-refractivity contribution < 1.29 is 9.59 Å². The van der Waals surface area contributed by atoms with E-state index in [0.717, 1.165) is 23.7 Å². The minimum Gasteiger partial charge on any atom is -0.354 e. The monoisotopic (exact) mass is 423 g/mol. The number of carbonyl (C=O) groups excluding carboxylic acids is 2. The smallest absolute Gasteiger partial charge is 0.227 e. The van der Waals surface area contributed by atoms with E-state index >= 15 is 0 Å². The number of carbonyl (C=O) groups is 2. The molecule has 2 atom stereocenters. The molecule has 2 fully saturated rings.